The second-order valence-electron chi connectivity index (χ2n) is 3.91. The van der Waals surface area contributed by atoms with Crippen LogP contribution in [0.4, 0.5) is 4.79 Å². The van der Waals surface area contributed by atoms with Crippen molar-refractivity contribution in [3.05, 3.63) is 35.9 Å². The van der Waals surface area contributed by atoms with E-state index in [1.54, 1.807) is 6.92 Å². The molecule has 18 heavy (non-hydrogen) atoms. The Morgan fingerprint density at radius 3 is 2.44 bits per heavy atom. The van der Waals surface area contributed by atoms with Crippen molar-refractivity contribution < 1.29 is 19.4 Å². The lowest BCUT2D eigenvalue weighted by Gasteiger charge is -2.22. The number of carbonyl (C=O) groups excluding carboxylic acids is 1. The summed E-state index contributed by atoms with van der Waals surface area (Å²) in [6, 6.07) is 8.38. The molecule has 0 heterocycles. The van der Waals surface area contributed by atoms with E-state index in [1.165, 1.54) is 7.05 Å². The Balaban J connectivity index is 2.52. The van der Waals surface area contributed by atoms with Gasteiger partial charge in [0.15, 0.2) is 0 Å². The molecular formula is C13H17NO4. The molecule has 1 N–H and O–H groups in total. The van der Waals surface area contributed by atoms with Crippen LogP contribution in [-0.4, -0.2) is 35.2 Å². The van der Waals surface area contributed by atoms with E-state index >= 15 is 0 Å². The molecule has 0 bridgehead atoms. The molecule has 0 spiro atoms. The van der Waals surface area contributed by atoms with Gasteiger partial charge in [-0.1, -0.05) is 37.3 Å². The first-order valence-corrected chi connectivity index (χ1v) is 5.72. The fraction of sp³-hybridized carbons (Fsp3) is 0.385. The number of amides is 1. The van der Waals surface area contributed by atoms with Crippen molar-refractivity contribution in [2.24, 2.45) is 0 Å². The van der Waals surface area contributed by atoms with Crippen LogP contribution in [0.5, 0.6) is 0 Å². The van der Waals surface area contributed by atoms with Gasteiger partial charge in [-0.15, -0.1) is 0 Å². The highest BCUT2D eigenvalue weighted by atomic mass is 16.6. The molecule has 0 radical (unpaired) electrons. The van der Waals surface area contributed by atoms with Crippen LogP contribution in [0.15, 0.2) is 30.3 Å². The number of benzene rings is 1. The minimum atomic E-state index is -1.03. The van der Waals surface area contributed by atoms with Crippen LogP contribution in [-0.2, 0) is 16.1 Å². The fourth-order valence-corrected chi connectivity index (χ4v) is 1.56. The average molecular weight is 251 g/mol. The van der Waals surface area contributed by atoms with Crippen LogP contribution in [0.1, 0.15) is 18.9 Å². The zero-order valence-corrected chi connectivity index (χ0v) is 10.5. The molecule has 0 saturated carbocycles. The first-order chi connectivity index (χ1) is 8.56. The smallest absolute Gasteiger partial charge is 0.410 e. The number of likely N-dealkylation sites (N-methyl/N-ethyl adjacent to an activating group) is 1. The van der Waals surface area contributed by atoms with Gasteiger partial charge < -0.3 is 9.84 Å². The Bertz CT molecular complexity index is 405. The molecule has 0 aliphatic heterocycles. The minimum Gasteiger partial charge on any atom is -0.480 e. The SMILES string of the molecule is CC[C@H](C(=O)O)N(C)C(=O)OCc1ccccc1. The number of hydrogen-bond donors (Lipinski definition) is 1. The lowest BCUT2D eigenvalue weighted by Crippen LogP contribution is -2.42. The number of carboxylic acids is 1. The van der Waals surface area contributed by atoms with Gasteiger partial charge >= 0.3 is 12.1 Å². The van der Waals surface area contributed by atoms with Crippen LogP contribution >= 0.6 is 0 Å². The summed E-state index contributed by atoms with van der Waals surface area (Å²) in [6.07, 6.45) is -0.292. The largest absolute Gasteiger partial charge is 0.480 e. The van der Waals surface area contributed by atoms with E-state index in [9.17, 15) is 9.59 Å². The van der Waals surface area contributed by atoms with E-state index < -0.39 is 18.1 Å². The van der Waals surface area contributed by atoms with Crippen LogP contribution in [0, 0.1) is 0 Å². The standard InChI is InChI=1S/C13H17NO4/c1-3-11(12(15)16)14(2)13(17)18-9-10-7-5-4-6-8-10/h4-8,11H,3,9H2,1-2H3,(H,15,16)/t11-/m1/s1. The Hall–Kier alpha value is -2.04. The Morgan fingerprint density at radius 1 is 1.33 bits per heavy atom. The Morgan fingerprint density at radius 2 is 1.94 bits per heavy atom. The molecule has 98 valence electrons. The van der Waals surface area contributed by atoms with Gasteiger partial charge in [0, 0.05) is 7.05 Å². The lowest BCUT2D eigenvalue weighted by atomic mass is 10.2. The van der Waals surface area contributed by atoms with Gasteiger partial charge in [0.1, 0.15) is 12.6 Å². The highest BCUT2D eigenvalue weighted by Gasteiger charge is 2.25. The maximum atomic E-state index is 11.7. The molecule has 1 rings (SSSR count). The lowest BCUT2D eigenvalue weighted by molar-refractivity contribution is -0.142. The minimum absolute atomic E-state index is 0.139. The van der Waals surface area contributed by atoms with Gasteiger partial charge in [0.2, 0.25) is 0 Å². The summed E-state index contributed by atoms with van der Waals surface area (Å²) in [7, 11) is 1.43. The van der Waals surface area contributed by atoms with E-state index in [0.29, 0.717) is 6.42 Å². The van der Waals surface area contributed by atoms with E-state index in [2.05, 4.69) is 0 Å². The van der Waals surface area contributed by atoms with Gasteiger partial charge in [-0.3, -0.25) is 4.90 Å². The normalized spacial score (nSPS) is 11.7. The zero-order chi connectivity index (χ0) is 13.5. The second-order valence-corrected chi connectivity index (χ2v) is 3.91. The zero-order valence-electron chi connectivity index (χ0n) is 10.5. The average Bonchev–Trinajstić information content (AvgIpc) is 2.37. The predicted molar refractivity (Wildman–Crippen MR) is 66.1 cm³/mol. The number of carbonyl (C=O) groups is 2. The van der Waals surface area contributed by atoms with Crippen LogP contribution < -0.4 is 0 Å². The fourth-order valence-electron chi connectivity index (χ4n) is 1.56. The molecule has 0 unspecified atom stereocenters. The third-order valence-corrected chi connectivity index (χ3v) is 2.63. The van der Waals surface area contributed by atoms with Gasteiger partial charge in [-0.05, 0) is 12.0 Å². The van der Waals surface area contributed by atoms with Crippen LogP contribution in [0.25, 0.3) is 0 Å². The predicted octanol–water partition coefficient (Wildman–Crippen LogP) is 2.12. The topological polar surface area (TPSA) is 66.8 Å². The highest BCUT2D eigenvalue weighted by Crippen LogP contribution is 2.07. The molecular weight excluding hydrogens is 234 g/mol. The first-order valence-electron chi connectivity index (χ1n) is 5.72. The van der Waals surface area contributed by atoms with Gasteiger partial charge in [0.05, 0.1) is 0 Å². The molecule has 0 saturated heterocycles. The maximum absolute atomic E-state index is 11.7. The van der Waals surface area contributed by atoms with E-state index in [0.717, 1.165) is 10.5 Å². The highest BCUT2D eigenvalue weighted by molar-refractivity contribution is 5.79. The molecule has 0 aliphatic carbocycles. The molecule has 5 nitrogen and oxygen atoms in total. The molecule has 1 aromatic carbocycles. The summed E-state index contributed by atoms with van der Waals surface area (Å²) in [4.78, 5) is 23.7. The van der Waals surface area contributed by atoms with Crippen molar-refractivity contribution in [3.63, 3.8) is 0 Å². The summed E-state index contributed by atoms with van der Waals surface area (Å²) in [5, 5.41) is 8.93. The molecule has 0 fully saturated rings. The first kappa shape index (κ1) is 14.0. The molecule has 1 atom stereocenters. The van der Waals surface area contributed by atoms with Gasteiger partial charge in [-0.25, -0.2) is 9.59 Å². The number of nitrogens with zero attached hydrogens (tertiary/aromatic N) is 1. The maximum Gasteiger partial charge on any atom is 0.410 e. The molecule has 1 aromatic rings. The van der Waals surface area contributed by atoms with Crippen molar-refractivity contribution >= 4 is 12.1 Å². The number of carboxylic acid groups (broad SMARTS) is 1. The van der Waals surface area contributed by atoms with Crippen LogP contribution in [0.3, 0.4) is 0 Å². The third-order valence-electron chi connectivity index (χ3n) is 2.63. The Labute approximate surface area is 106 Å². The summed E-state index contributed by atoms with van der Waals surface area (Å²) in [6.45, 7) is 1.85. The number of hydrogen-bond acceptors (Lipinski definition) is 3. The van der Waals surface area contributed by atoms with Crippen LogP contribution in [0.2, 0.25) is 0 Å². The molecule has 1 amide bonds. The van der Waals surface area contributed by atoms with Crippen molar-refractivity contribution in [3.8, 4) is 0 Å². The number of ether oxygens (including phenoxy) is 1. The summed E-state index contributed by atoms with van der Waals surface area (Å²) < 4.78 is 5.05. The van der Waals surface area contributed by atoms with Crippen molar-refractivity contribution in [2.75, 3.05) is 7.05 Å². The Kier molecular flexibility index (Phi) is 5.17. The summed E-state index contributed by atoms with van der Waals surface area (Å²) in [5.74, 6) is -1.03. The molecule has 5 heteroatoms. The summed E-state index contributed by atoms with van der Waals surface area (Å²) >= 11 is 0. The van der Waals surface area contributed by atoms with Gasteiger partial charge in [0.25, 0.3) is 0 Å². The number of aliphatic carboxylic acids is 1. The molecule has 0 aromatic heterocycles. The van der Waals surface area contributed by atoms with Crippen molar-refractivity contribution in [2.45, 2.75) is 26.0 Å². The second kappa shape index (κ2) is 6.64. The van der Waals surface area contributed by atoms with Gasteiger partial charge in [-0.2, -0.15) is 0 Å². The quantitative estimate of drug-likeness (QED) is 0.870. The number of rotatable bonds is 5. The third kappa shape index (κ3) is 3.76. The van der Waals surface area contributed by atoms with E-state index in [4.69, 9.17) is 9.84 Å². The van der Waals surface area contributed by atoms with E-state index in [1.807, 2.05) is 30.3 Å². The van der Waals surface area contributed by atoms with E-state index in [-0.39, 0.29) is 6.61 Å². The summed E-state index contributed by atoms with van der Waals surface area (Å²) in [5.41, 5.74) is 0.864. The van der Waals surface area contributed by atoms with Crippen molar-refractivity contribution in [1.82, 2.24) is 4.90 Å². The molecule has 0 aliphatic rings. The van der Waals surface area contributed by atoms with Crippen molar-refractivity contribution in [1.29, 1.82) is 0 Å². The monoisotopic (exact) mass is 251 g/mol.